The second-order valence-corrected chi connectivity index (χ2v) is 1.92. The van der Waals surface area contributed by atoms with Crippen LogP contribution in [0.1, 0.15) is 0 Å². The van der Waals surface area contributed by atoms with Gasteiger partial charge in [-0.25, -0.2) is 0 Å². The van der Waals surface area contributed by atoms with Gasteiger partial charge in [-0.2, -0.15) is 0 Å². The van der Waals surface area contributed by atoms with Crippen LogP contribution in [0.15, 0.2) is 30.3 Å². The van der Waals surface area contributed by atoms with Crippen LogP contribution in [-0.4, -0.2) is 4.92 Å². The van der Waals surface area contributed by atoms with Crippen molar-refractivity contribution in [2.45, 2.75) is 0 Å². The minimum Gasteiger partial charge on any atom is -0.316 e. The molecule has 0 aliphatic heterocycles. The lowest BCUT2D eigenvalue weighted by Gasteiger charge is -1.97. The molecule has 0 aliphatic rings. The smallest absolute Gasteiger partial charge is 0.316 e. The SMILES string of the molecule is O=[N+]([O-])[CH]Nc1ccccc1. The summed E-state index contributed by atoms with van der Waals surface area (Å²) >= 11 is 0. The number of nitrogens with one attached hydrogen (secondary N) is 1. The van der Waals surface area contributed by atoms with Crippen molar-refractivity contribution >= 4 is 5.69 Å². The second-order valence-electron chi connectivity index (χ2n) is 1.92. The average Bonchev–Trinajstić information content (AvgIpc) is 2.03. The molecule has 4 nitrogen and oxygen atoms in total. The highest BCUT2D eigenvalue weighted by Crippen LogP contribution is 2.04. The molecule has 1 aromatic rings. The average molecular weight is 151 g/mol. The number of anilines is 1. The monoisotopic (exact) mass is 151 g/mol. The summed E-state index contributed by atoms with van der Waals surface area (Å²) in [6.45, 7) is 0.801. The van der Waals surface area contributed by atoms with Gasteiger partial charge in [0, 0.05) is 5.69 Å². The van der Waals surface area contributed by atoms with Gasteiger partial charge in [0.2, 0.25) is 0 Å². The van der Waals surface area contributed by atoms with E-state index in [0.717, 1.165) is 6.67 Å². The molecule has 1 aromatic carbocycles. The Kier molecular flexibility index (Phi) is 2.43. The molecule has 0 aliphatic carbocycles. The summed E-state index contributed by atoms with van der Waals surface area (Å²) < 4.78 is 0. The van der Waals surface area contributed by atoms with Crippen LogP contribution in [0.4, 0.5) is 5.69 Å². The third-order valence-electron chi connectivity index (χ3n) is 1.11. The molecule has 0 spiro atoms. The first-order valence-electron chi connectivity index (χ1n) is 3.07. The third-order valence-corrected chi connectivity index (χ3v) is 1.11. The highest BCUT2D eigenvalue weighted by Gasteiger charge is 1.96. The molecule has 57 valence electrons. The second kappa shape index (κ2) is 3.55. The Balaban J connectivity index is 2.45. The van der Waals surface area contributed by atoms with E-state index in [0.29, 0.717) is 5.69 Å². The van der Waals surface area contributed by atoms with Crippen LogP contribution in [0, 0.1) is 16.8 Å². The molecule has 0 saturated carbocycles. The fourth-order valence-corrected chi connectivity index (χ4v) is 0.662. The number of hydrogen-bond donors (Lipinski definition) is 1. The minimum absolute atomic E-state index is 0.535. The van der Waals surface area contributed by atoms with Crippen molar-refractivity contribution in [1.29, 1.82) is 0 Å². The highest BCUT2D eigenvalue weighted by atomic mass is 16.6. The van der Waals surface area contributed by atoms with Gasteiger partial charge in [0.15, 0.2) is 0 Å². The number of nitro groups is 1. The summed E-state index contributed by atoms with van der Waals surface area (Å²) in [6, 6.07) is 8.95. The number of para-hydroxylation sites is 1. The van der Waals surface area contributed by atoms with Crippen molar-refractivity contribution in [3.05, 3.63) is 47.1 Å². The van der Waals surface area contributed by atoms with Gasteiger partial charge in [-0.1, -0.05) is 18.2 Å². The van der Waals surface area contributed by atoms with Crippen LogP contribution in [0.2, 0.25) is 0 Å². The summed E-state index contributed by atoms with van der Waals surface area (Å²) in [5, 5.41) is 12.4. The molecule has 0 bridgehead atoms. The summed E-state index contributed by atoms with van der Waals surface area (Å²) in [6.07, 6.45) is 0. The topological polar surface area (TPSA) is 55.2 Å². The number of hydrogen-bond acceptors (Lipinski definition) is 3. The Labute approximate surface area is 64.0 Å². The molecule has 0 atom stereocenters. The van der Waals surface area contributed by atoms with Crippen LogP contribution in [0.25, 0.3) is 0 Å². The molecule has 0 unspecified atom stereocenters. The van der Waals surface area contributed by atoms with Gasteiger partial charge in [-0.3, -0.25) is 10.1 Å². The lowest BCUT2D eigenvalue weighted by Crippen LogP contribution is -2.03. The first-order chi connectivity index (χ1) is 5.29. The molecule has 4 heteroatoms. The van der Waals surface area contributed by atoms with Crippen LogP contribution in [0.5, 0.6) is 0 Å². The maximum absolute atomic E-state index is 9.86. The maximum atomic E-state index is 9.86. The summed E-state index contributed by atoms with van der Waals surface area (Å²) in [5.41, 5.74) is 0.712. The van der Waals surface area contributed by atoms with Crippen molar-refractivity contribution in [3.63, 3.8) is 0 Å². The predicted molar refractivity (Wildman–Crippen MR) is 41.4 cm³/mol. The van der Waals surface area contributed by atoms with Gasteiger partial charge < -0.3 is 5.32 Å². The van der Waals surface area contributed by atoms with Gasteiger partial charge >= 0.3 is 6.67 Å². The van der Waals surface area contributed by atoms with Gasteiger partial charge in [-0.05, 0) is 12.1 Å². The molecular formula is C7H7N2O2. The Morgan fingerprint density at radius 2 is 2.00 bits per heavy atom. The third kappa shape index (κ3) is 2.66. The van der Waals surface area contributed by atoms with Gasteiger partial charge in [0.1, 0.15) is 0 Å². The van der Waals surface area contributed by atoms with E-state index in [-0.39, 0.29) is 0 Å². The maximum Gasteiger partial charge on any atom is 0.371 e. The first-order valence-corrected chi connectivity index (χ1v) is 3.07. The van der Waals surface area contributed by atoms with E-state index in [1.165, 1.54) is 0 Å². The fraction of sp³-hybridized carbons (Fsp3) is 0. The normalized spacial score (nSPS) is 9.09. The van der Waals surface area contributed by atoms with E-state index in [4.69, 9.17) is 0 Å². The van der Waals surface area contributed by atoms with Gasteiger partial charge in [0.05, 0.1) is 4.92 Å². The van der Waals surface area contributed by atoms with Gasteiger partial charge in [0.25, 0.3) is 0 Å². The Morgan fingerprint density at radius 3 is 2.55 bits per heavy atom. The number of benzene rings is 1. The number of nitrogens with zero attached hydrogens (tertiary/aromatic N) is 1. The van der Waals surface area contributed by atoms with Crippen LogP contribution in [-0.2, 0) is 0 Å². The van der Waals surface area contributed by atoms with Crippen molar-refractivity contribution in [2.75, 3.05) is 5.32 Å². The van der Waals surface area contributed by atoms with Crippen LogP contribution >= 0.6 is 0 Å². The summed E-state index contributed by atoms with van der Waals surface area (Å²) in [5.74, 6) is 0. The van der Waals surface area contributed by atoms with E-state index in [1.54, 1.807) is 24.3 Å². The molecular weight excluding hydrogens is 144 g/mol. The Bertz CT molecular complexity index is 235. The zero-order valence-electron chi connectivity index (χ0n) is 5.73. The molecule has 0 saturated heterocycles. The van der Waals surface area contributed by atoms with Gasteiger partial charge in [-0.15, -0.1) is 0 Å². The van der Waals surface area contributed by atoms with Crippen molar-refractivity contribution in [3.8, 4) is 0 Å². The van der Waals surface area contributed by atoms with Crippen molar-refractivity contribution in [2.24, 2.45) is 0 Å². The fourth-order valence-electron chi connectivity index (χ4n) is 0.662. The molecule has 1 radical (unpaired) electrons. The van der Waals surface area contributed by atoms with E-state index < -0.39 is 4.92 Å². The minimum atomic E-state index is -0.535. The van der Waals surface area contributed by atoms with E-state index in [9.17, 15) is 10.1 Å². The molecule has 0 aromatic heterocycles. The lowest BCUT2D eigenvalue weighted by atomic mass is 10.3. The van der Waals surface area contributed by atoms with Crippen LogP contribution in [0.3, 0.4) is 0 Å². The quantitative estimate of drug-likeness (QED) is 0.526. The van der Waals surface area contributed by atoms with E-state index in [1.807, 2.05) is 6.07 Å². The van der Waals surface area contributed by atoms with E-state index in [2.05, 4.69) is 5.32 Å². The standard InChI is InChI=1S/C7H7N2O2/c10-9(11)6-8-7-4-2-1-3-5-7/h1-6,8H. The Morgan fingerprint density at radius 1 is 1.36 bits per heavy atom. The van der Waals surface area contributed by atoms with Crippen molar-refractivity contribution < 1.29 is 4.92 Å². The molecule has 1 N–H and O–H groups in total. The summed E-state index contributed by atoms with van der Waals surface area (Å²) in [7, 11) is 0. The zero-order valence-corrected chi connectivity index (χ0v) is 5.73. The van der Waals surface area contributed by atoms with E-state index >= 15 is 0 Å². The molecule has 0 heterocycles. The van der Waals surface area contributed by atoms with Crippen LogP contribution < -0.4 is 5.32 Å². The zero-order chi connectivity index (χ0) is 8.10. The number of rotatable bonds is 3. The molecule has 0 fully saturated rings. The van der Waals surface area contributed by atoms with Crippen molar-refractivity contribution in [1.82, 2.24) is 0 Å². The first kappa shape index (κ1) is 7.53. The predicted octanol–water partition coefficient (Wildman–Crippen LogP) is 1.49. The highest BCUT2D eigenvalue weighted by molar-refractivity contribution is 5.43. The molecule has 11 heavy (non-hydrogen) atoms. The lowest BCUT2D eigenvalue weighted by molar-refractivity contribution is -0.432. The summed E-state index contributed by atoms with van der Waals surface area (Å²) in [4.78, 5) is 9.33. The molecule has 1 rings (SSSR count). The largest absolute Gasteiger partial charge is 0.371 e. The Hall–Kier alpha value is -1.58. The molecule has 0 amide bonds.